The molecule has 216 valence electrons. The zero-order valence-electron chi connectivity index (χ0n) is 24.2. The summed E-state index contributed by atoms with van der Waals surface area (Å²) in [5, 5.41) is 0. The first kappa shape index (κ1) is 31.1. The molecule has 3 rings (SSSR count). The topological polar surface area (TPSA) is 63.2 Å². The van der Waals surface area contributed by atoms with Crippen molar-refractivity contribution in [2.75, 3.05) is 20.3 Å². The van der Waals surface area contributed by atoms with Gasteiger partial charge in [-0.1, -0.05) is 62.1 Å². The van der Waals surface area contributed by atoms with Crippen LogP contribution < -0.4 is 0 Å². The summed E-state index contributed by atoms with van der Waals surface area (Å²) in [5.74, 6) is 0.0523. The van der Waals surface area contributed by atoms with Gasteiger partial charge in [0.15, 0.2) is 12.6 Å². The second-order valence-corrected chi connectivity index (χ2v) is 11.2. The van der Waals surface area contributed by atoms with Crippen molar-refractivity contribution in [3.05, 3.63) is 36.0 Å². The van der Waals surface area contributed by atoms with Crippen LogP contribution in [0.25, 0.3) is 0 Å². The molecule has 0 spiro atoms. The van der Waals surface area contributed by atoms with E-state index >= 15 is 0 Å². The maximum absolute atomic E-state index is 11.4. The molecule has 0 radical (unpaired) electrons. The van der Waals surface area contributed by atoms with E-state index in [0.717, 1.165) is 90.3 Å². The number of hydrogen-bond donors (Lipinski definition) is 0. The molecule has 2 heterocycles. The normalized spacial score (nSPS) is 28.0. The Bertz CT molecular complexity index is 762. The van der Waals surface area contributed by atoms with E-state index in [-0.39, 0.29) is 36.2 Å². The zero-order chi connectivity index (χ0) is 27.1. The Hall–Kier alpha value is -1.47. The zero-order valence-corrected chi connectivity index (χ0v) is 24.2. The lowest BCUT2D eigenvalue weighted by Gasteiger charge is -2.34. The molecule has 6 heteroatoms. The average molecular weight is 533 g/mol. The number of rotatable bonds is 16. The fraction of sp³-hybridized carbons (Fsp3) is 0.781. The van der Waals surface area contributed by atoms with Crippen molar-refractivity contribution in [2.45, 2.75) is 134 Å². The summed E-state index contributed by atoms with van der Waals surface area (Å²) < 4.78 is 29.8. The smallest absolute Gasteiger partial charge is 0.305 e. The minimum Gasteiger partial charge on any atom is -0.469 e. The number of ether oxygens (including phenoxy) is 5. The van der Waals surface area contributed by atoms with E-state index in [1.807, 2.05) is 0 Å². The standard InChI is InChI=1S/C32H52O6/c1-4-5-12-22-32(2,38-31-18-11-14-25-36-31)23-21-27-26(15-8-6-7-9-16-29(33)34-3)19-20-28(27)37-30-17-10-13-24-35-30/h6,8,19,21,23,27-28,30-31H,4-5,7,9-18,20,22,24-25H2,1-3H3/b8-6-,23-21+/t27-,28-,30?,31?,32?/m1/s1. The summed E-state index contributed by atoms with van der Waals surface area (Å²) in [6.45, 7) is 6.04. The number of hydrogen-bond acceptors (Lipinski definition) is 6. The Morgan fingerprint density at radius 2 is 1.82 bits per heavy atom. The molecule has 3 unspecified atom stereocenters. The molecule has 0 aromatic heterocycles. The highest BCUT2D eigenvalue weighted by Crippen LogP contribution is 2.36. The number of allylic oxidation sites excluding steroid dienone is 2. The second-order valence-electron chi connectivity index (χ2n) is 11.2. The van der Waals surface area contributed by atoms with Crippen LogP contribution in [0, 0.1) is 5.92 Å². The number of carbonyl (C=O) groups is 1. The molecule has 0 amide bonds. The van der Waals surface area contributed by atoms with E-state index in [2.05, 4.69) is 44.2 Å². The van der Waals surface area contributed by atoms with Crippen LogP contribution in [0.15, 0.2) is 36.0 Å². The van der Waals surface area contributed by atoms with Crippen LogP contribution in [0.3, 0.4) is 0 Å². The van der Waals surface area contributed by atoms with Crippen molar-refractivity contribution >= 4 is 5.97 Å². The minimum absolute atomic E-state index is 0.0860. The van der Waals surface area contributed by atoms with Gasteiger partial charge in [-0.05, 0) is 77.6 Å². The molecule has 1 aliphatic carbocycles. The van der Waals surface area contributed by atoms with Crippen molar-refractivity contribution in [1.29, 1.82) is 0 Å². The maximum atomic E-state index is 11.4. The van der Waals surface area contributed by atoms with Gasteiger partial charge in [0.2, 0.25) is 0 Å². The summed E-state index contributed by atoms with van der Waals surface area (Å²) in [6.07, 6.45) is 26.2. The second kappa shape index (κ2) is 17.3. The summed E-state index contributed by atoms with van der Waals surface area (Å²) >= 11 is 0. The van der Waals surface area contributed by atoms with Gasteiger partial charge in [0.05, 0.1) is 18.8 Å². The first-order valence-electron chi connectivity index (χ1n) is 15.2. The van der Waals surface area contributed by atoms with Crippen LogP contribution in [0.1, 0.15) is 110 Å². The molecule has 3 aliphatic rings. The summed E-state index contributed by atoms with van der Waals surface area (Å²) in [4.78, 5) is 11.4. The maximum Gasteiger partial charge on any atom is 0.305 e. The third-order valence-electron chi connectivity index (χ3n) is 7.88. The Morgan fingerprint density at radius 1 is 1.05 bits per heavy atom. The quantitative estimate of drug-likeness (QED) is 0.116. The van der Waals surface area contributed by atoms with E-state index in [0.29, 0.717) is 6.42 Å². The minimum atomic E-state index is -0.361. The molecule has 6 nitrogen and oxygen atoms in total. The van der Waals surface area contributed by atoms with Gasteiger partial charge in [0.1, 0.15) is 0 Å². The van der Waals surface area contributed by atoms with E-state index in [1.165, 1.54) is 25.5 Å². The summed E-state index contributed by atoms with van der Waals surface area (Å²) in [6, 6.07) is 0. The van der Waals surface area contributed by atoms with Crippen LogP contribution in [0.4, 0.5) is 0 Å². The van der Waals surface area contributed by atoms with Crippen molar-refractivity contribution in [3.8, 4) is 0 Å². The van der Waals surface area contributed by atoms with Gasteiger partial charge in [-0.2, -0.15) is 0 Å². The fourth-order valence-electron chi connectivity index (χ4n) is 5.53. The molecule has 2 aliphatic heterocycles. The Balaban J connectivity index is 1.67. The van der Waals surface area contributed by atoms with Crippen molar-refractivity contribution in [2.24, 2.45) is 5.92 Å². The highest BCUT2D eigenvalue weighted by atomic mass is 16.7. The lowest BCUT2D eigenvalue weighted by molar-refractivity contribution is -0.208. The SMILES string of the molecule is CCCCCC(C)(/C=C/[C@@H]1C(C/C=C\CCCC(=O)OC)=CC[C@H]1OC1CCCCO1)OC1CCCCO1. The molecule has 5 atom stereocenters. The molecule has 0 saturated carbocycles. The van der Waals surface area contributed by atoms with Gasteiger partial charge in [-0.25, -0.2) is 0 Å². The molecule has 0 bridgehead atoms. The lowest BCUT2D eigenvalue weighted by atomic mass is 9.91. The first-order valence-corrected chi connectivity index (χ1v) is 15.2. The van der Waals surface area contributed by atoms with E-state index in [4.69, 9.17) is 23.7 Å². The number of unbranched alkanes of at least 4 members (excludes halogenated alkanes) is 3. The molecular formula is C32H52O6. The fourth-order valence-corrected chi connectivity index (χ4v) is 5.53. The lowest BCUT2D eigenvalue weighted by Crippen LogP contribution is -2.36. The first-order chi connectivity index (χ1) is 18.5. The predicted octanol–water partition coefficient (Wildman–Crippen LogP) is 7.57. The predicted molar refractivity (Wildman–Crippen MR) is 151 cm³/mol. The Morgan fingerprint density at radius 3 is 2.50 bits per heavy atom. The third kappa shape index (κ3) is 11.0. The van der Waals surface area contributed by atoms with Gasteiger partial charge in [-0.3, -0.25) is 4.79 Å². The van der Waals surface area contributed by atoms with Crippen LogP contribution in [0.2, 0.25) is 0 Å². The van der Waals surface area contributed by atoms with Crippen LogP contribution >= 0.6 is 0 Å². The third-order valence-corrected chi connectivity index (χ3v) is 7.88. The Kier molecular flexibility index (Phi) is 14.1. The number of methoxy groups -OCH3 is 1. The summed E-state index contributed by atoms with van der Waals surface area (Å²) in [5.41, 5.74) is 1.02. The van der Waals surface area contributed by atoms with Gasteiger partial charge in [0.25, 0.3) is 0 Å². The van der Waals surface area contributed by atoms with Crippen molar-refractivity contribution in [3.63, 3.8) is 0 Å². The monoisotopic (exact) mass is 532 g/mol. The van der Waals surface area contributed by atoms with E-state index < -0.39 is 0 Å². The van der Waals surface area contributed by atoms with Crippen molar-refractivity contribution in [1.82, 2.24) is 0 Å². The van der Waals surface area contributed by atoms with E-state index in [1.54, 1.807) is 0 Å². The van der Waals surface area contributed by atoms with Gasteiger partial charge in [-0.15, -0.1) is 0 Å². The van der Waals surface area contributed by atoms with Crippen LogP contribution in [-0.4, -0.2) is 50.6 Å². The van der Waals surface area contributed by atoms with E-state index in [9.17, 15) is 4.79 Å². The van der Waals surface area contributed by atoms with Gasteiger partial charge in [0, 0.05) is 25.6 Å². The molecule has 38 heavy (non-hydrogen) atoms. The molecule has 2 saturated heterocycles. The molecule has 0 N–H and O–H groups in total. The number of esters is 1. The molecule has 2 fully saturated rings. The molecule has 0 aromatic rings. The van der Waals surface area contributed by atoms with Gasteiger partial charge >= 0.3 is 5.97 Å². The van der Waals surface area contributed by atoms with Crippen LogP contribution in [-0.2, 0) is 28.5 Å². The molecule has 0 aromatic carbocycles. The number of carbonyl (C=O) groups excluding carboxylic acids is 1. The highest BCUT2D eigenvalue weighted by Gasteiger charge is 2.33. The highest BCUT2D eigenvalue weighted by molar-refractivity contribution is 5.69. The van der Waals surface area contributed by atoms with Crippen molar-refractivity contribution < 1.29 is 28.5 Å². The average Bonchev–Trinajstić information content (AvgIpc) is 3.31. The molecular weight excluding hydrogens is 480 g/mol. The Labute approximate surface area is 231 Å². The largest absolute Gasteiger partial charge is 0.469 e. The van der Waals surface area contributed by atoms with Crippen LogP contribution in [0.5, 0.6) is 0 Å². The van der Waals surface area contributed by atoms with Gasteiger partial charge < -0.3 is 23.7 Å². The summed E-state index contributed by atoms with van der Waals surface area (Å²) in [7, 11) is 1.44.